The van der Waals surface area contributed by atoms with Gasteiger partial charge in [0.2, 0.25) is 0 Å². The third-order valence-electron chi connectivity index (χ3n) is 4.39. The van der Waals surface area contributed by atoms with Crippen molar-refractivity contribution in [3.05, 3.63) is 42.1 Å². The van der Waals surface area contributed by atoms with Crippen molar-refractivity contribution in [2.24, 2.45) is 5.92 Å². The van der Waals surface area contributed by atoms with Crippen LogP contribution in [0.3, 0.4) is 0 Å². The van der Waals surface area contributed by atoms with Crippen molar-refractivity contribution >= 4 is 41.6 Å². The molecule has 1 aromatic heterocycles. The number of nitrogens with one attached hydrogen (secondary N) is 2. The molecule has 6 heteroatoms. The molecular weight excluding hydrogens is 333 g/mol. The molecule has 1 fully saturated rings. The predicted octanol–water partition coefficient (Wildman–Crippen LogP) is 3.19. The van der Waals surface area contributed by atoms with E-state index in [0.717, 1.165) is 23.9 Å². The highest BCUT2D eigenvalue weighted by molar-refractivity contribution is 6.05. The fourth-order valence-corrected chi connectivity index (χ4v) is 3.12. The summed E-state index contributed by atoms with van der Waals surface area (Å²) in [6.07, 6.45) is 2.82. The van der Waals surface area contributed by atoms with E-state index < -0.39 is 0 Å². The standard InChI is InChI=1S/C17H21N3O.2ClH/c1-11-8-10-18-12(2)15(11)20-17(21)14-7-3-5-13-6-4-9-19-16(13)14;;/h3-7,9,11-12,15,18H,8,10H2,1-2H3,(H,20,21);2*1H. The van der Waals surface area contributed by atoms with Gasteiger partial charge in [-0.3, -0.25) is 9.78 Å². The molecule has 1 aliphatic heterocycles. The van der Waals surface area contributed by atoms with Crippen LogP contribution in [0.2, 0.25) is 0 Å². The fourth-order valence-electron chi connectivity index (χ4n) is 3.12. The van der Waals surface area contributed by atoms with E-state index >= 15 is 0 Å². The Kier molecular flexibility index (Phi) is 7.26. The Bertz CT molecular complexity index is 650. The van der Waals surface area contributed by atoms with Crippen LogP contribution in [-0.2, 0) is 0 Å². The summed E-state index contributed by atoms with van der Waals surface area (Å²) >= 11 is 0. The van der Waals surface area contributed by atoms with Gasteiger partial charge in [0.1, 0.15) is 0 Å². The second-order valence-electron chi connectivity index (χ2n) is 5.89. The summed E-state index contributed by atoms with van der Waals surface area (Å²) in [5.41, 5.74) is 1.42. The van der Waals surface area contributed by atoms with E-state index in [0.29, 0.717) is 17.5 Å². The van der Waals surface area contributed by atoms with Crippen molar-refractivity contribution < 1.29 is 4.79 Å². The molecule has 23 heavy (non-hydrogen) atoms. The average molecular weight is 356 g/mol. The molecule has 0 saturated carbocycles. The molecule has 3 unspecified atom stereocenters. The maximum atomic E-state index is 12.6. The quantitative estimate of drug-likeness (QED) is 0.869. The summed E-state index contributed by atoms with van der Waals surface area (Å²) in [6, 6.07) is 10.0. The molecule has 0 spiro atoms. The molecule has 1 saturated heterocycles. The first-order valence-electron chi connectivity index (χ1n) is 7.55. The normalized spacial score (nSPS) is 23.5. The van der Waals surface area contributed by atoms with E-state index in [1.54, 1.807) is 6.20 Å². The zero-order valence-electron chi connectivity index (χ0n) is 13.3. The van der Waals surface area contributed by atoms with Gasteiger partial charge in [0.15, 0.2) is 0 Å². The molecular formula is C17H23Cl2N3O. The number of carbonyl (C=O) groups is 1. The highest BCUT2D eigenvalue weighted by Gasteiger charge is 2.29. The third-order valence-corrected chi connectivity index (χ3v) is 4.39. The van der Waals surface area contributed by atoms with Gasteiger partial charge in [-0.15, -0.1) is 24.8 Å². The Morgan fingerprint density at radius 1 is 1.22 bits per heavy atom. The lowest BCUT2D eigenvalue weighted by atomic mass is 9.89. The van der Waals surface area contributed by atoms with Crippen LogP contribution in [0, 0.1) is 5.92 Å². The van der Waals surface area contributed by atoms with Gasteiger partial charge < -0.3 is 10.6 Å². The monoisotopic (exact) mass is 355 g/mol. The SMILES string of the molecule is CC1CCNC(C)C1NC(=O)c1cccc2cccnc12.Cl.Cl. The molecule has 0 radical (unpaired) electrons. The van der Waals surface area contributed by atoms with Gasteiger partial charge in [-0.25, -0.2) is 0 Å². The lowest BCUT2D eigenvalue weighted by Crippen LogP contribution is -2.55. The maximum Gasteiger partial charge on any atom is 0.253 e. The number of nitrogens with zero attached hydrogens (tertiary/aromatic N) is 1. The molecule has 3 rings (SSSR count). The van der Waals surface area contributed by atoms with Crippen LogP contribution in [0.5, 0.6) is 0 Å². The largest absolute Gasteiger partial charge is 0.347 e. The molecule has 126 valence electrons. The second kappa shape index (κ2) is 8.48. The highest BCUT2D eigenvalue weighted by atomic mass is 35.5. The Hall–Kier alpha value is -1.36. The summed E-state index contributed by atoms with van der Waals surface area (Å²) < 4.78 is 0. The van der Waals surface area contributed by atoms with Gasteiger partial charge in [0.05, 0.1) is 11.1 Å². The Morgan fingerprint density at radius 3 is 2.70 bits per heavy atom. The van der Waals surface area contributed by atoms with E-state index in [1.807, 2.05) is 30.3 Å². The number of rotatable bonds is 2. The van der Waals surface area contributed by atoms with Crippen LogP contribution in [0.15, 0.2) is 36.5 Å². The molecule has 1 aliphatic rings. The van der Waals surface area contributed by atoms with Crippen molar-refractivity contribution in [1.29, 1.82) is 0 Å². The number of aromatic nitrogens is 1. The van der Waals surface area contributed by atoms with Gasteiger partial charge in [-0.1, -0.05) is 25.1 Å². The summed E-state index contributed by atoms with van der Waals surface area (Å²) in [6.45, 7) is 5.34. The second-order valence-corrected chi connectivity index (χ2v) is 5.89. The summed E-state index contributed by atoms with van der Waals surface area (Å²) in [4.78, 5) is 17.0. The molecule has 1 amide bonds. The van der Waals surface area contributed by atoms with Crippen molar-refractivity contribution in [3.8, 4) is 0 Å². The van der Waals surface area contributed by atoms with Crippen molar-refractivity contribution in [3.63, 3.8) is 0 Å². The van der Waals surface area contributed by atoms with E-state index in [4.69, 9.17) is 0 Å². The molecule has 2 N–H and O–H groups in total. The third kappa shape index (κ3) is 4.14. The van der Waals surface area contributed by atoms with Crippen LogP contribution in [0.4, 0.5) is 0 Å². The number of piperidine rings is 1. The number of halogens is 2. The zero-order valence-corrected chi connectivity index (χ0v) is 14.9. The van der Waals surface area contributed by atoms with E-state index in [-0.39, 0.29) is 36.8 Å². The van der Waals surface area contributed by atoms with E-state index in [9.17, 15) is 4.79 Å². The van der Waals surface area contributed by atoms with E-state index in [1.165, 1.54) is 0 Å². The Morgan fingerprint density at radius 2 is 1.96 bits per heavy atom. The Labute approximate surface area is 149 Å². The van der Waals surface area contributed by atoms with E-state index in [2.05, 4.69) is 29.5 Å². The minimum Gasteiger partial charge on any atom is -0.347 e. The molecule has 0 aliphatic carbocycles. The molecule has 4 nitrogen and oxygen atoms in total. The predicted molar refractivity (Wildman–Crippen MR) is 98.7 cm³/mol. The average Bonchev–Trinajstić information content (AvgIpc) is 2.50. The lowest BCUT2D eigenvalue weighted by molar-refractivity contribution is 0.0899. The highest BCUT2D eigenvalue weighted by Crippen LogP contribution is 2.19. The molecule has 0 bridgehead atoms. The van der Waals surface area contributed by atoms with Crippen molar-refractivity contribution in [2.45, 2.75) is 32.4 Å². The zero-order chi connectivity index (χ0) is 14.8. The van der Waals surface area contributed by atoms with Gasteiger partial charge in [-0.05, 0) is 37.9 Å². The minimum atomic E-state index is -0.0355. The number of para-hydroxylation sites is 1. The van der Waals surface area contributed by atoms with Crippen LogP contribution in [0.25, 0.3) is 10.9 Å². The topological polar surface area (TPSA) is 54.0 Å². The minimum absolute atomic E-state index is 0. The molecule has 2 aromatic rings. The van der Waals surface area contributed by atoms with Gasteiger partial charge >= 0.3 is 0 Å². The smallest absolute Gasteiger partial charge is 0.253 e. The van der Waals surface area contributed by atoms with Crippen molar-refractivity contribution in [1.82, 2.24) is 15.6 Å². The van der Waals surface area contributed by atoms with Crippen LogP contribution in [-0.4, -0.2) is 29.5 Å². The fraction of sp³-hybridized carbons (Fsp3) is 0.412. The number of carbonyl (C=O) groups excluding carboxylic acids is 1. The van der Waals surface area contributed by atoms with Gasteiger partial charge in [0, 0.05) is 23.7 Å². The Balaban J connectivity index is 0.00000132. The summed E-state index contributed by atoms with van der Waals surface area (Å²) in [5.74, 6) is 0.444. The number of amides is 1. The van der Waals surface area contributed by atoms with Crippen molar-refractivity contribution in [2.75, 3.05) is 6.54 Å². The van der Waals surface area contributed by atoms with Crippen LogP contribution < -0.4 is 10.6 Å². The first-order valence-corrected chi connectivity index (χ1v) is 7.55. The maximum absolute atomic E-state index is 12.6. The number of pyridine rings is 1. The summed E-state index contributed by atoms with van der Waals surface area (Å²) in [5, 5.41) is 7.61. The first-order chi connectivity index (χ1) is 10.2. The number of hydrogen-bond donors (Lipinski definition) is 2. The first kappa shape index (κ1) is 19.7. The summed E-state index contributed by atoms with van der Waals surface area (Å²) in [7, 11) is 0. The molecule has 1 aromatic carbocycles. The van der Waals surface area contributed by atoms with Gasteiger partial charge in [-0.2, -0.15) is 0 Å². The number of benzene rings is 1. The molecule has 2 heterocycles. The van der Waals surface area contributed by atoms with Crippen LogP contribution in [0.1, 0.15) is 30.6 Å². The van der Waals surface area contributed by atoms with Crippen LogP contribution >= 0.6 is 24.8 Å². The lowest BCUT2D eigenvalue weighted by Gasteiger charge is -2.36. The molecule has 3 atom stereocenters. The number of fused-ring (bicyclic) bond motifs is 1. The number of hydrogen-bond acceptors (Lipinski definition) is 3. The van der Waals surface area contributed by atoms with Gasteiger partial charge in [0.25, 0.3) is 5.91 Å².